The molecule has 1 aromatic rings. The number of methoxy groups -OCH3 is 1. The molecule has 0 spiro atoms. The summed E-state index contributed by atoms with van der Waals surface area (Å²) in [6.45, 7) is 0.346. The van der Waals surface area contributed by atoms with Crippen molar-refractivity contribution in [1.82, 2.24) is 15.1 Å². The highest BCUT2D eigenvalue weighted by Crippen LogP contribution is 2.16. The third-order valence-corrected chi connectivity index (χ3v) is 2.78. The average molecular weight is 266 g/mol. The number of halogens is 1. The first-order chi connectivity index (χ1) is 7.54. The third kappa shape index (κ3) is 3.67. The number of rotatable bonds is 5. The van der Waals surface area contributed by atoms with Crippen molar-refractivity contribution in [3.8, 4) is 0 Å². The van der Waals surface area contributed by atoms with Crippen LogP contribution in [-0.2, 0) is 4.74 Å². The van der Waals surface area contributed by atoms with Gasteiger partial charge in [0, 0.05) is 20.7 Å². The van der Waals surface area contributed by atoms with Crippen LogP contribution in [0.5, 0.6) is 0 Å². The normalized spacial score (nSPS) is 12.5. The molecule has 0 radical (unpaired) electrons. The summed E-state index contributed by atoms with van der Waals surface area (Å²) >= 11 is 6.57. The Morgan fingerprint density at radius 3 is 2.88 bits per heavy atom. The molecular formula is C8H12ClN3O3S. The van der Waals surface area contributed by atoms with Gasteiger partial charge < -0.3 is 14.7 Å². The van der Waals surface area contributed by atoms with E-state index in [2.05, 4.69) is 10.2 Å². The van der Waals surface area contributed by atoms with Crippen LogP contribution in [0.2, 0.25) is 4.47 Å². The number of aliphatic hydroxyl groups is 1. The molecule has 16 heavy (non-hydrogen) atoms. The fraction of sp³-hybridized carbons (Fsp3) is 0.625. The number of aromatic nitrogens is 2. The van der Waals surface area contributed by atoms with Crippen LogP contribution in [0.25, 0.3) is 0 Å². The van der Waals surface area contributed by atoms with Gasteiger partial charge in [0.15, 0.2) is 0 Å². The van der Waals surface area contributed by atoms with Crippen molar-refractivity contribution >= 4 is 28.8 Å². The third-order valence-electron chi connectivity index (χ3n) is 1.77. The van der Waals surface area contributed by atoms with E-state index in [1.807, 2.05) is 0 Å². The molecule has 0 bridgehead atoms. The molecule has 0 saturated carbocycles. The molecule has 0 aliphatic heterocycles. The number of hydrogen-bond acceptors (Lipinski definition) is 6. The second-order valence-electron chi connectivity index (χ2n) is 3.16. The van der Waals surface area contributed by atoms with Crippen molar-refractivity contribution in [2.75, 3.05) is 27.3 Å². The Bertz CT molecular complexity index is 360. The second kappa shape index (κ2) is 6.09. The van der Waals surface area contributed by atoms with Gasteiger partial charge in [-0.05, 0) is 11.6 Å². The van der Waals surface area contributed by atoms with Gasteiger partial charge in [-0.15, -0.1) is 10.2 Å². The Morgan fingerprint density at radius 1 is 1.69 bits per heavy atom. The lowest BCUT2D eigenvalue weighted by Crippen LogP contribution is -2.36. The molecule has 1 atom stereocenters. The lowest BCUT2D eigenvalue weighted by atomic mass is 10.3. The van der Waals surface area contributed by atoms with Gasteiger partial charge in [-0.25, -0.2) is 0 Å². The zero-order valence-corrected chi connectivity index (χ0v) is 10.5. The van der Waals surface area contributed by atoms with Crippen LogP contribution in [0.1, 0.15) is 9.80 Å². The molecule has 1 N–H and O–H groups in total. The maximum absolute atomic E-state index is 11.7. The van der Waals surface area contributed by atoms with E-state index in [-0.39, 0.29) is 28.5 Å². The van der Waals surface area contributed by atoms with E-state index < -0.39 is 6.10 Å². The SMILES string of the molecule is COCC(O)CN(C)C(=O)c1nnc(Cl)s1. The molecule has 0 aliphatic carbocycles. The minimum Gasteiger partial charge on any atom is -0.389 e. The van der Waals surface area contributed by atoms with E-state index >= 15 is 0 Å². The van der Waals surface area contributed by atoms with Crippen LogP contribution in [0.3, 0.4) is 0 Å². The number of nitrogens with zero attached hydrogens (tertiary/aromatic N) is 3. The summed E-state index contributed by atoms with van der Waals surface area (Å²) in [5.74, 6) is -0.320. The summed E-state index contributed by atoms with van der Waals surface area (Å²) in [4.78, 5) is 13.1. The van der Waals surface area contributed by atoms with E-state index in [1.54, 1.807) is 7.05 Å². The van der Waals surface area contributed by atoms with Crippen molar-refractivity contribution in [2.24, 2.45) is 0 Å². The number of carbonyl (C=O) groups is 1. The van der Waals surface area contributed by atoms with Gasteiger partial charge >= 0.3 is 0 Å². The highest BCUT2D eigenvalue weighted by atomic mass is 35.5. The average Bonchev–Trinajstić information content (AvgIpc) is 2.64. The highest BCUT2D eigenvalue weighted by molar-refractivity contribution is 7.17. The Labute approximate surface area is 102 Å². The van der Waals surface area contributed by atoms with Crippen LogP contribution in [0.4, 0.5) is 0 Å². The predicted octanol–water partition coefficient (Wildman–Crippen LogP) is 0.271. The van der Waals surface area contributed by atoms with Gasteiger partial charge in [-0.2, -0.15) is 0 Å². The van der Waals surface area contributed by atoms with Crippen molar-refractivity contribution < 1.29 is 14.6 Å². The molecule has 8 heteroatoms. The summed E-state index contributed by atoms with van der Waals surface area (Å²) in [5, 5.41) is 16.8. The molecule has 1 heterocycles. The molecule has 1 rings (SSSR count). The summed E-state index contributed by atoms with van der Waals surface area (Å²) < 4.78 is 4.98. The molecule has 0 saturated heterocycles. The minimum atomic E-state index is -0.720. The first kappa shape index (κ1) is 13.3. The second-order valence-corrected chi connectivity index (χ2v) is 4.71. The highest BCUT2D eigenvalue weighted by Gasteiger charge is 2.19. The van der Waals surface area contributed by atoms with Gasteiger partial charge in [-0.3, -0.25) is 4.79 Å². The molecular weight excluding hydrogens is 254 g/mol. The molecule has 1 amide bonds. The van der Waals surface area contributed by atoms with Crippen LogP contribution in [0.15, 0.2) is 0 Å². The van der Waals surface area contributed by atoms with E-state index in [4.69, 9.17) is 16.3 Å². The van der Waals surface area contributed by atoms with Gasteiger partial charge in [0.1, 0.15) is 0 Å². The van der Waals surface area contributed by atoms with Gasteiger partial charge in [0.25, 0.3) is 5.91 Å². The van der Waals surface area contributed by atoms with Crippen LogP contribution < -0.4 is 0 Å². The smallest absolute Gasteiger partial charge is 0.284 e. The maximum Gasteiger partial charge on any atom is 0.284 e. The van der Waals surface area contributed by atoms with Gasteiger partial charge in [-0.1, -0.05) is 11.3 Å². The molecule has 1 unspecified atom stereocenters. The van der Waals surface area contributed by atoms with Crippen LogP contribution in [0, 0.1) is 0 Å². The predicted molar refractivity (Wildman–Crippen MR) is 59.8 cm³/mol. The summed E-state index contributed by atoms with van der Waals surface area (Å²) in [6.07, 6.45) is -0.720. The van der Waals surface area contributed by atoms with Crippen LogP contribution in [-0.4, -0.2) is 59.5 Å². The Balaban J connectivity index is 2.54. The Morgan fingerprint density at radius 2 is 2.38 bits per heavy atom. The molecule has 0 aromatic carbocycles. The number of likely N-dealkylation sites (N-methyl/N-ethyl adjacent to an activating group) is 1. The fourth-order valence-corrected chi connectivity index (χ4v) is 1.92. The number of amides is 1. The largest absolute Gasteiger partial charge is 0.389 e. The zero-order valence-electron chi connectivity index (χ0n) is 8.88. The standard InChI is InChI=1S/C8H12ClN3O3S/c1-12(3-5(13)4-15-2)7(14)6-10-11-8(9)16-6/h5,13H,3-4H2,1-2H3. The van der Waals surface area contributed by atoms with E-state index in [9.17, 15) is 9.90 Å². The number of aliphatic hydroxyl groups excluding tert-OH is 1. The lowest BCUT2D eigenvalue weighted by Gasteiger charge is -2.18. The number of ether oxygens (including phenoxy) is 1. The minimum absolute atomic E-state index is 0.171. The van der Waals surface area contributed by atoms with E-state index in [0.717, 1.165) is 11.3 Å². The topological polar surface area (TPSA) is 75.6 Å². The monoisotopic (exact) mass is 265 g/mol. The van der Waals surface area contributed by atoms with Crippen molar-refractivity contribution in [3.63, 3.8) is 0 Å². The summed E-state index contributed by atoms with van der Waals surface area (Å²) in [6, 6.07) is 0. The summed E-state index contributed by atoms with van der Waals surface area (Å²) in [7, 11) is 3.05. The zero-order chi connectivity index (χ0) is 12.1. The molecule has 1 aromatic heterocycles. The Hall–Kier alpha value is -0.760. The fourth-order valence-electron chi connectivity index (χ4n) is 1.10. The first-order valence-electron chi connectivity index (χ1n) is 4.46. The molecule has 90 valence electrons. The van der Waals surface area contributed by atoms with E-state index in [0.29, 0.717) is 0 Å². The first-order valence-corrected chi connectivity index (χ1v) is 5.65. The van der Waals surface area contributed by atoms with Crippen molar-refractivity contribution in [3.05, 3.63) is 9.47 Å². The van der Waals surface area contributed by atoms with Gasteiger partial charge in [0.05, 0.1) is 12.7 Å². The van der Waals surface area contributed by atoms with Gasteiger partial charge in [0.2, 0.25) is 9.47 Å². The molecule has 0 fully saturated rings. The summed E-state index contributed by atoms with van der Waals surface area (Å²) in [5.41, 5.74) is 0. The maximum atomic E-state index is 11.7. The van der Waals surface area contributed by atoms with Crippen LogP contribution >= 0.6 is 22.9 Å². The quantitative estimate of drug-likeness (QED) is 0.827. The lowest BCUT2D eigenvalue weighted by molar-refractivity contribution is 0.0380. The van der Waals surface area contributed by atoms with Crippen molar-refractivity contribution in [2.45, 2.75) is 6.10 Å². The van der Waals surface area contributed by atoms with Crippen molar-refractivity contribution in [1.29, 1.82) is 0 Å². The Kier molecular flexibility index (Phi) is 5.07. The number of carbonyl (C=O) groups excluding carboxylic acids is 1. The molecule has 0 aliphatic rings. The number of hydrogen-bond donors (Lipinski definition) is 1. The van der Waals surface area contributed by atoms with E-state index in [1.165, 1.54) is 12.0 Å². The molecule has 6 nitrogen and oxygen atoms in total.